The molecular formula is C8H14N2O. The van der Waals surface area contributed by atoms with E-state index in [9.17, 15) is 0 Å². The van der Waals surface area contributed by atoms with Crippen LogP contribution in [0.5, 0.6) is 0 Å². The van der Waals surface area contributed by atoms with Gasteiger partial charge in [-0.3, -0.25) is 0 Å². The number of aliphatic hydroxyl groups is 1. The summed E-state index contributed by atoms with van der Waals surface area (Å²) in [6.07, 6.45) is 3.76. The Morgan fingerprint density at radius 1 is 1.45 bits per heavy atom. The van der Waals surface area contributed by atoms with Gasteiger partial charge in [-0.2, -0.15) is 0 Å². The zero-order chi connectivity index (χ0) is 8.53. The van der Waals surface area contributed by atoms with E-state index in [1.54, 1.807) is 12.3 Å². The lowest BCUT2D eigenvalue weighted by Gasteiger charge is -1.91. The van der Waals surface area contributed by atoms with Crippen molar-refractivity contribution in [3.63, 3.8) is 0 Å². The molecule has 1 aromatic rings. The van der Waals surface area contributed by atoms with Gasteiger partial charge in [0, 0.05) is 24.9 Å². The lowest BCUT2D eigenvalue weighted by atomic mass is 10.3. The summed E-state index contributed by atoms with van der Waals surface area (Å²) in [5.74, 6) is 0. The van der Waals surface area contributed by atoms with E-state index >= 15 is 0 Å². The van der Waals surface area contributed by atoms with Crippen molar-refractivity contribution in [1.29, 1.82) is 0 Å². The van der Waals surface area contributed by atoms with Crippen LogP contribution < -0.4 is 0 Å². The van der Waals surface area contributed by atoms with Crippen LogP contribution >= 0.6 is 0 Å². The maximum Gasteiger partial charge on any atom is 0.115 e. The lowest BCUT2D eigenvalue weighted by Crippen LogP contribution is -1.93. The van der Waals surface area contributed by atoms with Crippen LogP contribution in [0.4, 0.5) is 0 Å². The third-order valence-electron chi connectivity index (χ3n) is 1.01. The molecule has 0 amide bonds. The van der Waals surface area contributed by atoms with Gasteiger partial charge in [-0.05, 0) is 6.07 Å². The molecule has 1 aromatic heterocycles. The highest BCUT2D eigenvalue weighted by molar-refractivity contribution is 4.97. The Morgan fingerprint density at radius 2 is 2.18 bits per heavy atom. The molecule has 0 saturated carbocycles. The molecule has 3 heteroatoms. The molecule has 0 bridgehead atoms. The number of hydrogen-bond donors (Lipinski definition) is 1. The first-order valence-electron chi connectivity index (χ1n) is 3.79. The SMILES string of the molecule is CC.OCCc1ccncn1. The van der Waals surface area contributed by atoms with Crippen molar-refractivity contribution in [2.24, 2.45) is 0 Å². The molecule has 0 unspecified atom stereocenters. The Kier molecular flexibility index (Phi) is 6.53. The minimum absolute atomic E-state index is 0.150. The summed E-state index contributed by atoms with van der Waals surface area (Å²) in [5.41, 5.74) is 0.882. The van der Waals surface area contributed by atoms with E-state index in [1.165, 1.54) is 6.33 Å². The summed E-state index contributed by atoms with van der Waals surface area (Å²) in [4.78, 5) is 7.63. The van der Waals surface area contributed by atoms with Gasteiger partial charge >= 0.3 is 0 Å². The molecule has 0 atom stereocenters. The third-order valence-corrected chi connectivity index (χ3v) is 1.01. The van der Waals surface area contributed by atoms with Gasteiger partial charge in [0.05, 0.1) is 0 Å². The first kappa shape index (κ1) is 10.0. The molecule has 1 rings (SSSR count). The Hall–Kier alpha value is -0.960. The molecule has 11 heavy (non-hydrogen) atoms. The van der Waals surface area contributed by atoms with Crippen LogP contribution in [-0.4, -0.2) is 21.7 Å². The van der Waals surface area contributed by atoms with Crippen molar-refractivity contribution in [2.75, 3.05) is 6.61 Å². The Labute approximate surface area is 67.1 Å². The highest BCUT2D eigenvalue weighted by Crippen LogP contribution is 1.89. The lowest BCUT2D eigenvalue weighted by molar-refractivity contribution is 0.298. The van der Waals surface area contributed by atoms with Gasteiger partial charge in [0.1, 0.15) is 6.33 Å². The Morgan fingerprint density at radius 3 is 2.64 bits per heavy atom. The number of rotatable bonds is 2. The van der Waals surface area contributed by atoms with Gasteiger partial charge in [0.2, 0.25) is 0 Å². The minimum atomic E-state index is 0.150. The fourth-order valence-corrected chi connectivity index (χ4v) is 0.581. The Balaban J connectivity index is 0.000000461. The predicted octanol–water partition coefficient (Wildman–Crippen LogP) is 1.04. The largest absolute Gasteiger partial charge is 0.396 e. The molecular weight excluding hydrogens is 140 g/mol. The quantitative estimate of drug-likeness (QED) is 0.692. The van der Waals surface area contributed by atoms with Gasteiger partial charge in [0.15, 0.2) is 0 Å². The van der Waals surface area contributed by atoms with Crippen molar-refractivity contribution in [3.8, 4) is 0 Å². The van der Waals surface area contributed by atoms with Crippen LogP contribution in [0.15, 0.2) is 18.6 Å². The summed E-state index contributed by atoms with van der Waals surface area (Å²) >= 11 is 0. The number of hydrogen-bond acceptors (Lipinski definition) is 3. The minimum Gasteiger partial charge on any atom is -0.396 e. The van der Waals surface area contributed by atoms with Crippen molar-refractivity contribution < 1.29 is 5.11 Å². The van der Waals surface area contributed by atoms with Gasteiger partial charge in [-0.1, -0.05) is 13.8 Å². The van der Waals surface area contributed by atoms with E-state index < -0.39 is 0 Å². The second-order valence-electron chi connectivity index (χ2n) is 1.67. The molecule has 0 aliphatic heterocycles. The van der Waals surface area contributed by atoms with Crippen LogP contribution in [0.25, 0.3) is 0 Å². The third kappa shape index (κ3) is 4.44. The first-order valence-corrected chi connectivity index (χ1v) is 3.79. The molecule has 0 saturated heterocycles. The normalized spacial score (nSPS) is 8.27. The smallest absolute Gasteiger partial charge is 0.115 e. The van der Waals surface area contributed by atoms with E-state index in [0.717, 1.165) is 5.69 Å². The number of nitrogens with zero attached hydrogens (tertiary/aromatic N) is 2. The summed E-state index contributed by atoms with van der Waals surface area (Å²) < 4.78 is 0. The fraction of sp³-hybridized carbons (Fsp3) is 0.500. The Bertz CT molecular complexity index is 165. The van der Waals surface area contributed by atoms with Gasteiger partial charge in [-0.25, -0.2) is 9.97 Å². The molecule has 0 aliphatic carbocycles. The van der Waals surface area contributed by atoms with E-state index in [2.05, 4.69) is 9.97 Å². The van der Waals surface area contributed by atoms with E-state index in [-0.39, 0.29) is 6.61 Å². The van der Waals surface area contributed by atoms with E-state index in [0.29, 0.717) is 6.42 Å². The molecule has 3 nitrogen and oxygen atoms in total. The van der Waals surface area contributed by atoms with Crippen molar-refractivity contribution >= 4 is 0 Å². The maximum atomic E-state index is 8.46. The van der Waals surface area contributed by atoms with Crippen LogP contribution in [0.2, 0.25) is 0 Å². The molecule has 1 heterocycles. The molecule has 0 aliphatic rings. The van der Waals surface area contributed by atoms with Crippen LogP contribution in [0.1, 0.15) is 19.5 Å². The second kappa shape index (κ2) is 7.15. The van der Waals surface area contributed by atoms with Crippen molar-refractivity contribution in [3.05, 3.63) is 24.3 Å². The first-order chi connectivity index (χ1) is 5.43. The summed E-state index contributed by atoms with van der Waals surface area (Å²) in [6.45, 7) is 4.15. The van der Waals surface area contributed by atoms with Gasteiger partial charge in [-0.15, -0.1) is 0 Å². The molecule has 0 spiro atoms. The molecule has 0 fully saturated rings. The second-order valence-corrected chi connectivity index (χ2v) is 1.67. The standard InChI is InChI=1S/C6H8N2O.C2H6/c9-4-2-6-1-3-7-5-8-6;1-2/h1,3,5,9H,2,4H2;1-2H3. The summed E-state index contributed by atoms with van der Waals surface area (Å²) in [7, 11) is 0. The molecule has 0 radical (unpaired) electrons. The predicted molar refractivity (Wildman–Crippen MR) is 44.2 cm³/mol. The monoisotopic (exact) mass is 154 g/mol. The zero-order valence-corrected chi connectivity index (χ0v) is 6.99. The maximum absolute atomic E-state index is 8.46. The van der Waals surface area contributed by atoms with E-state index in [1.807, 2.05) is 13.8 Å². The average molecular weight is 154 g/mol. The van der Waals surface area contributed by atoms with Crippen LogP contribution in [-0.2, 0) is 6.42 Å². The molecule has 62 valence electrons. The van der Waals surface area contributed by atoms with Gasteiger partial charge < -0.3 is 5.11 Å². The number of aromatic nitrogens is 2. The van der Waals surface area contributed by atoms with Crippen molar-refractivity contribution in [1.82, 2.24) is 9.97 Å². The fourth-order valence-electron chi connectivity index (χ4n) is 0.581. The van der Waals surface area contributed by atoms with E-state index in [4.69, 9.17) is 5.11 Å². The van der Waals surface area contributed by atoms with Gasteiger partial charge in [0.25, 0.3) is 0 Å². The van der Waals surface area contributed by atoms with Crippen LogP contribution in [0, 0.1) is 0 Å². The summed E-state index contributed by atoms with van der Waals surface area (Å²) in [6, 6.07) is 1.79. The summed E-state index contributed by atoms with van der Waals surface area (Å²) in [5, 5.41) is 8.46. The van der Waals surface area contributed by atoms with Crippen LogP contribution in [0.3, 0.4) is 0 Å². The highest BCUT2D eigenvalue weighted by atomic mass is 16.3. The van der Waals surface area contributed by atoms with Crippen molar-refractivity contribution in [2.45, 2.75) is 20.3 Å². The molecule has 1 N–H and O–H groups in total. The zero-order valence-electron chi connectivity index (χ0n) is 6.99. The molecule has 0 aromatic carbocycles. The number of aliphatic hydroxyl groups excluding tert-OH is 1. The average Bonchev–Trinajstić information content (AvgIpc) is 2.11. The topological polar surface area (TPSA) is 46.0 Å². The highest BCUT2D eigenvalue weighted by Gasteiger charge is 1.87.